The van der Waals surface area contributed by atoms with Gasteiger partial charge in [0.15, 0.2) is 0 Å². The number of benzene rings is 1. The second-order valence-corrected chi connectivity index (χ2v) is 6.39. The molecule has 0 saturated heterocycles. The number of amides is 1. The van der Waals surface area contributed by atoms with Crippen molar-refractivity contribution in [3.8, 4) is 11.6 Å². The van der Waals surface area contributed by atoms with E-state index in [0.29, 0.717) is 12.1 Å². The van der Waals surface area contributed by atoms with Crippen molar-refractivity contribution in [3.05, 3.63) is 56.7 Å². The number of nitrogens with zero attached hydrogens (tertiary/aromatic N) is 2. The number of hydrogen-bond donors (Lipinski definition) is 3. The van der Waals surface area contributed by atoms with Crippen LogP contribution in [0.1, 0.15) is 57.9 Å². The molecule has 2 aromatic rings. The molecule has 8 heteroatoms. The van der Waals surface area contributed by atoms with Gasteiger partial charge >= 0.3 is 5.69 Å². The van der Waals surface area contributed by atoms with Crippen molar-refractivity contribution in [1.29, 1.82) is 0 Å². The van der Waals surface area contributed by atoms with Gasteiger partial charge in [0, 0.05) is 6.42 Å². The molecule has 0 radical (unpaired) electrons. The SMILES string of the molecule is CCCCCCC(=O)N/N=C(\CC)c1c(O)n(-c2ccccc2)c(=O)[nH]c1=O. The molecule has 2 rings (SSSR count). The summed E-state index contributed by atoms with van der Waals surface area (Å²) in [5, 5.41) is 14.6. The summed E-state index contributed by atoms with van der Waals surface area (Å²) in [6, 6.07) is 8.44. The topological polar surface area (TPSA) is 117 Å². The van der Waals surface area contributed by atoms with Gasteiger partial charge in [-0.3, -0.25) is 14.6 Å². The number of H-pyrrole nitrogens is 1. The molecule has 0 aliphatic heterocycles. The van der Waals surface area contributed by atoms with Gasteiger partial charge in [0.25, 0.3) is 5.56 Å². The van der Waals surface area contributed by atoms with E-state index in [1.807, 2.05) is 0 Å². The first-order chi connectivity index (χ1) is 13.5. The van der Waals surface area contributed by atoms with E-state index in [9.17, 15) is 19.5 Å². The van der Waals surface area contributed by atoms with Crippen LogP contribution in [0, 0.1) is 0 Å². The fourth-order valence-electron chi connectivity index (χ4n) is 2.81. The molecular weight excluding hydrogens is 360 g/mol. The number of para-hydroxylation sites is 1. The molecule has 3 N–H and O–H groups in total. The van der Waals surface area contributed by atoms with Crippen LogP contribution in [0.3, 0.4) is 0 Å². The van der Waals surface area contributed by atoms with E-state index in [2.05, 4.69) is 22.4 Å². The first-order valence-electron chi connectivity index (χ1n) is 9.49. The Labute approximate surface area is 162 Å². The van der Waals surface area contributed by atoms with E-state index in [1.165, 1.54) is 0 Å². The quantitative estimate of drug-likeness (QED) is 0.349. The van der Waals surface area contributed by atoms with Gasteiger partial charge in [-0.05, 0) is 25.0 Å². The van der Waals surface area contributed by atoms with Gasteiger partial charge in [-0.25, -0.2) is 14.8 Å². The Hall–Kier alpha value is -3.16. The van der Waals surface area contributed by atoms with Gasteiger partial charge in [-0.1, -0.05) is 51.3 Å². The molecule has 150 valence electrons. The first kappa shape index (κ1) is 21.1. The number of hydrazone groups is 1. The number of nitrogens with one attached hydrogen (secondary N) is 2. The minimum absolute atomic E-state index is 0.141. The summed E-state index contributed by atoms with van der Waals surface area (Å²) in [5.41, 5.74) is 1.37. The zero-order chi connectivity index (χ0) is 20.5. The van der Waals surface area contributed by atoms with Crippen LogP contribution in [0.25, 0.3) is 5.69 Å². The zero-order valence-electron chi connectivity index (χ0n) is 16.2. The van der Waals surface area contributed by atoms with E-state index in [4.69, 9.17) is 0 Å². The Morgan fingerprint density at radius 3 is 2.50 bits per heavy atom. The minimum atomic E-state index is -0.757. The van der Waals surface area contributed by atoms with Crippen molar-refractivity contribution in [2.45, 2.75) is 52.4 Å². The monoisotopic (exact) mass is 386 g/mol. The lowest BCUT2D eigenvalue weighted by Crippen LogP contribution is -2.33. The van der Waals surface area contributed by atoms with Crippen LogP contribution in [-0.2, 0) is 4.79 Å². The predicted octanol–water partition coefficient (Wildman–Crippen LogP) is 2.43. The number of hydrogen-bond acceptors (Lipinski definition) is 5. The van der Waals surface area contributed by atoms with Crippen LogP contribution in [0.4, 0.5) is 0 Å². The van der Waals surface area contributed by atoms with Gasteiger partial charge in [0.1, 0.15) is 5.56 Å². The highest BCUT2D eigenvalue weighted by atomic mass is 16.3. The maximum atomic E-state index is 12.3. The predicted molar refractivity (Wildman–Crippen MR) is 108 cm³/mol. The Balaban J connectivity index is 2.33. The number of carbonyl (C=O) groups excluding carboxylic acids is 1. The lowest BCUT2D eigenvalue weighted by molar-refractivity contribution is -0.121. The summed E-state index contributed by atoms with van der Waals surface area (Å²) in [5.74, 6) is -0.771. The van der Waals surface area contributed by atoms with E-state index in [0.717, 1.165) is 30.3 Å². The molecule has 0 atom stereocenters. The lowest BCUT2D eigenvalue weighted by Gasteiger charge is -2.12. The van der Waals surface area contributed by atoms with Gasteiger partial charge < -0.3 is 5.11 Å². The van der Waals surface area contributed by atoms with Gasteiger partial charge in [0.2, 0.25) is 11.8 Å². The minimum Gasteiger partial charge on any atom is -0.493 e. The molecule has 0 fully saturated rings. The summed E-state index contributed by atoms with van der Waals surface area (Å²) in [6.45, 7) is 3.83. The standard InChI is InChI=1S/C20H26N4O4/c1-3-5-6-10-13-16(25)23-22-15(4-2)17-18(26)21-20(28)24(19(17)27)14-11-8-7-9-12-14/h7-9,11-12,27H,3-6,10,13H2,1-2H3,(H,23,25)(H,21,26,28)/b22-15+. The number of unbranched alkanes of at least 4 members (excludes halogenated alkanes) is 3. The molecule has 0 spiro atoms. The molecule has 8 nitrogen and oxygen atoms in total. The molecule has 28 heavy (non-hydrogen) atoms. The maximum Gasteiger partial charge on any atom is 0.335 e. The molecule has 0 aliphatic rings. The highest BCUT2D eigenvalue weighted by Crippen LogP contribution is 2.17. The molecule has 0 saturated carbocycles. The molecule has 1 amide bonds. The second kappa shape index (κ2) is 10.2. The van der Waals surface area contributed by atoms with Crippen LogP contribution in [0.15, 0.2) is 45.0 Å². The van der Waals surface area contributed by atoms with E-state index in [-0.39, 0.29) is 23.6 Å². The largest absolute Gasteiger partial charge is 0.493 e. The van der Waals surface area contributed by atoms with E-state index < -0.39 is 17.1 Å². The molecule has 0 bridgehead atoms. The van der Waals surface area contributed by atoms with Crippen molar-refractivity contribution >= 4 is 11.6 Å². The fourth-order valence-corrected chi connectivity index (χ4v) is 2.81. The summed E-state index contributed by atoms with van der Waals surface area (Å²) < 4.78 is 0.995. The number of rotatable bonds is 9. The molecule has 1 aromatic heterocycles. The van der Waals surface area contributed by atoms with Crippen molar-refractivity contribution in [3.63, 3.8) is 0 Å². The van der Waals surface area contributed by atoms with E-state index in [1.54, 1.807) is 37.3 Å². The third kappa shape index (κ3) is 5.18. The van der Waals surface area contributed by atoms with Crippen molar-refractivity contribution in [1.82, 2.24) is 15.0 Å². The third-order valence-electron chi connectivity index (χ3n) is 4.30. The first-order valence-corrected chi connectivity index (χ1v) is 9.49. The molecule has 0 aliphatic carbocycles. The maximum absolute atomic E-state index is 12.3. The Morgan fingerprint density at radius 1 is 1.14 bits per heavy atom. The van der Waals surface area contributed by atoms with Crippen molar-refractivity contribution in [2.75, 3.05) is 0 Å². The number of carbonyl (C=O) groups is 1. The van der Waals surface area contributed by atoms with Crippen LogP contribution in [0.5, 0.6) is 5.88 Å². The Kier molecular flexibility index (Phi) is 7.74. The summed E-state index contributed by atoms with van der Waals surface area (Å²) in [4.78, 5) is 38.7. The van der Waals surface area contributed by atoms with Crippen molar-refractivity contribution in [2.24, 2.45) is 5.10 Å². The van der Waals surface area contributed by atoms with Crippen molar-refractivity contribution < 1.29 is 9.90 Å². The van der Waals surface area contributed by atoms with Gasteiger partial charge in [0.05, 0.1) is 11.4 Å². The molecule has 1 heterocycles. The lowest BCUT2D eigenvalue weighted by atomic mass is 10.1. The Bertz CT molecular complexity index is 945. The third-order valence-corrected chi connectivity index (χ3v) is 4.30. The Morgan fingerprint density at radius 2 is 1.86 bits per heavy atom. The summed E-state index contributed by atoms with van der Waals surface area (Å²) in [6.07, 6.45) is 4.50. The highest BCUT2D eigenvalue weighted by molar-refractivity contribution is 6.02. The molecular formula is C20H26N4O4. The van der Waals surface area contributed by atoms with Crippen LogP contribution in [0.2, 0.25) is 0 Å². The summed E-state index contributed by atoms with van der Waals surface area (Å²) >= 11 is 0. The van der Waals surface area contributed by atoms with Gasteiger partial charge in [-0.15, -0.1) is 0 Å². The van der Waals surface area contributed by atoms with Crippen LogP contribution in [-0.4, -0.2) is 26.3 Å². The molecule has 1 aromatic carbocycles. The normalized spacial score (nSPS) is 11.4. The smallest absolute Gasteiger partial charge is 0.335 e. The van der Waals surface area contributed by atoms with Crippen LogP contribution >= 0.6 is 0 Å². The number of aromatic amines is 1. The van der Waals surface area contributed by atoms with Crippen LogP contribution < -0.4 is 16.7 Å². The number of aromatic hydroxyl groups is 1. The number of aromatic nitrogens is 2. The molecule has 0 unspecified atom stereocenters. The average Bonchev–Trinajstić information content (AvgIpc) is 2.68. The fraction of sp³-hybridized carbons (Fsp3) is 0.400. The van der Waals surface area contributed by atoms with E-state index >= 15 is 0 Å². The highest BCUT2D eigenvalue weighted by Gasteiger charge is 2.19. The van der Waals surface area contributed by atoms with Gasteiger partial charge in [-0.2, -0.15) is 5.10 Å². The average molecular weight is 386 g/mol. The summed E-state index contributed by atoms with van der Waals surface area (Å²) in [7, 11) is 0. The zero-order valence-corrected chi connectivity index (χ0v) is 16.2. The second-order valence-electron chi connectivity index (χ2n) is 6.39.